The van der Waals surface area contributed by atoms with Crippen LogP contribution in [0.1, 0.15) is 16.8 Å². The minimum Gasteiger partial charge on any atom is -0.495 e. The summed E-state index contributed by atoms with van der Waals surface area (Å²) in [5.41, 5.74) is -0.0157. The molecule has 1 atom stereocenters. The molecule has 8 heteroatoms. The standard InChI is InChI=1S/C13H17NO5S2/c1-19-11-6-10(13(15)16)2-3-12(11)21(17,18)14-7-9-4-5-20-8-9/h2-3,6,9,14H,4-5,7-8H2,1H3,(H,15,16). The normalized spacial score (nSPS) is 18.6. The van der Waals surface area contributed by atoms with E-state index in [2.05, 4.69) is 4.72 Å². The molecule has 0 bridgehead atoms. The van der Waals surface area contributed by atoms with Crippen LogP contribution in [-0.4, -0.2) is 44.7 Å². The average Bonchev–Trinajstić information content (AvgIpc) is 2.97. The predicted molar refractivity (Wildman–Crippen MR) is 80.6 cm³/mol. The fourth-order valence-corrected chi connectivity index (χ4v) is 4.62. The molecule has 1 aromatic rings. The summed E-state index contributed by atoms with van der Waals surface area (Å²) in [4.78, 5) is 10.9. The molecule has 0 spiro atoms. The van der Waals surface area contributed by atoms with E-state index in [0.29, 0.717) is 12.5 Å². The highest BCUT2D eigenvalue weighted by atomic mass is 32.2. The lowest BCUT2D eigenvalue weighted by Gasteiger charge is -2.13. The van der Waals surface area contributed by atoms with Gasteiger partial charge in [-0.25, -0.2) is 17.9 Å². The third-order valence-corrected chi connectivity index (χ3v) is 5.98. The molecule has 0 radical (unpaired) electrons. The highest BCUT2D eigenvalue weighted by Gasteiger charge is 2.23. The minimum atomic E-state index is -3.71. The molecule has 0 saturated carbocycles. The van der Waals surface area contributed by atoms with Gasteiger partial charge in [0.15, 0.2) is 0 Å². The fourth-order valence-electron chi connectivity index (χ4n) is 2.07. The molecule has 0 aliphatic carbocycles. The number of aromatic carboxylic acids is 1. The van der Waals surface area contributed by atoms with E-state index in [-0.39, 0.29) is 16.2 Å². The van der Waals surface area contributed by atoms with Gasteiger partial charge in [0.2, 0.25) is 10.0 Å². The molecular weight excluding hydrogens is 314 g/mol. The van der Waals surface area contributed by atoms with Crippen molar-refractivity contribution in [2.45, 2.75) is 11.3 Å². The fraction of sp³-hybridized carbons (Fsp3) is 0.462. The Labute approximate surface area is 127 Å². The number of nitrogens with one attached hydrogen (secondary N) is 1. The van der Waals surface area contributed by atoms with Gasteiger partial charge in [-0.05, 0) is 42.0 Å². The van der Waals surface area contributed by atoms with Crippen molar-refractivity contribution in [2.75, 3.05) is 25.2 Å². The maximum Gasteiger partial charge on any atom is 0.335 e. The molecular formula is C13H17NO5S2. The third-order valence-electron chi connectivity index (χ3n) is 3.29. The molecule has 1 unspecified atom stereocenters. The monoisotopic (exact) mass is 331 g/mol. The second-order valence-electron chi connectivity index (χ2n) is 4.75. The zero-order chi connectivity index (χ0) is 15.5. The highest BCUT2D eigenvalue weighted by Crippen LogP contribution is 2.26. The Balaban J connectivity index is 2.20. The topological polar surface area (TPSA) is 92.7 Å². The van der Waals surface area contributed by atoms with Crippen LogP contribution in [0.3, 0.4) is 0 Å². The van der Waals surface area contributed by atoms with Crippen LogP contribution >= 0.6 is 11.8 Å². The SMILES string of the molecule is COc1cc(C(=O)O)ccc1S(=O)(=O)NCC1CCSC1. The largest absolute Gasteiger partial charge is 0.495 e. The zero-order valence-corrected chi connectivity index (χ0v) is 13.2. The number of thioether (sulfide) groups is 1. The predicted octanol–water partition coefficient (Wildman–Crippen LogP) is 1.42. The summed E-state index contributed by atoms with van der Waals surface area (Å²) in [5, 5.41) is 8.92. The van der Waals surface area contributed by atoms with E-state index in [1.165, 1.54) is 25.3 Å². The van der Waals surface area contributed by atoms with Crippen LogP contribution in [0.4, 0.5) is 0 Å². The molecule has 0 amide bonds. The highest BCUT2D eigenvalue weighted by molar-refractivity contribution is 7.99. The smallest absolute Gasteiger partial charge is 0.335 e. The van der Waals surface area contributed by atoms with Gasteiger partial charge in [0.1, 0.15) is 10.6 Å². The molecule has 1 aliphatic rings. The number of hydrogen-bond acceptors (Lipinski definition) is 5. The number of ether oxygens (including phenoxy) is 1. The average molecular weight is 331 g/mol. The molecule has 1 aliphatic heterocycles. The van der Waals surface area contributed by atoms with Crippen LogP contribution in [0.25, 0.3) is 0 Å². The van der Waals surface area contributed by atoms with Crippen molar-refractivity contribution in [2.24, 2.45) is 5.92 Å². The Morgan fingerprint density at radius 1 is 1.52 bits per heavy atom. The number of carboxylic acid groups (broad SMARTS) is 1. The van der Waals surface area contributed by atoms with Crippen molar-refractivity contribution in [3.63, 3.8) is 0 Å². The molecule has 2 rings (SSSR count). The van der Waals surface area contributed by atoms with Gasteiger partial charge in [0.05, 0.1) is 12.7 Å². The molecule has 6 nitrogen and oxygen atoms in total. The van der Waals surface area contributed by atoms with Gasteiger partial charge in [-0.15, -0.1) is 0 Å². The van der Waals surface area contributed by atoms with Gasteiger partial charge in [0, 0.05) is 6.54 Å². The Hall–Kier alpha value is -1.25. The van der Waals surface area contributed by atoms with Crippen molar-refractivity contribution in [1.29, 1.82) is 0 Å². The molecule has 116 valence electrons. The lowest BCUT2D eigenvalue weighted by Crippen LogP contribution is -2.29. The Bertz CT molecular complexity index is 623. The van der Waals surface area contributed by atoms with Crippen LogP contribution < -0.4 is 9.46 Å². The quantitative estimate of drug-likeness (QED) is 0.819. The van der Waals surface area contributed by atoms with E-state index in [0.717, 1.165) is 17.9 Å². The number of rotatable bonds is 6. The van der Waals surface area contributed by atoms with Crippen LogP contribution in [0.5, 0.6) is 5.75 Å². The van der Waals surface area contributed by atoms with E-state index in [9.17, 15) is 13.2 Å². The molecule has 1 heterocycles. The van der Waals surface area contributed by atoms with Crippen molar-refractivity contribution >= 4 is 27.8 Å². The number of carboxylic acids is 1. The first-order valence-electron chi connectivity index (χ1n) is 6.43. The summed E-state index contributed by atoms with van der Waals surface area (Å²) in [5.74, 6) is 1.26. The van der Waals surface area contributed by atoms with Crippen LogP contribution in [-0.2, 0) is 10.0 Å². The Morgan fingerprint density at radius 3 is 2.86 bits per heavy atom. The molecule has 1 fully saturated rings. The van der Waals surface area contributed by atoms with Crippen LogP contribution in [0.2, 0.25) is 0 Å². The van der Waals surface area contributed by atoms with Crippen molar-refractivity contribution in [1.82, 2.24) is 4.72 Å². The maximum absolute atomic E-state index is 12.3. The van der Waals surface area contributed by atoms with Gasteiger partial charge < -0.3 is 9.84 Å². The number of carbonyl (C=O) groups is 1. The lowest BCUT2D eigenvalue weighted by atomic mass is 10.1. The van der Waals surface area contributed by atoms with E-state index in [4.69, 9.17) is 9.84 Å². The summed E-state index contributed by atoms with van der Waals surface area (Å²) in [7, 11) is -2.40. The van der Waals surface area contributed by atoms with Gasteiger partial charge in [0.25, 0.3) is 0 Å². The molecule has 21 heavy (non-hydrogen) atoms. The molecule has 1 saturated heterocycles. The van der Waals surface area contributed by atoms with Gasteiger partial charge >= 0.3 is 5.97 Å². The first-order valence-corrected chi connectivity index (χ1v) is 9.06. The van der Waals surface area contributed by atoms with E-state index in [1.807, 2.05) is 11.8 Å². The summed E-state index contributed by atoms with van der Waals surface area (Å²) >= 11 is 1.82. The van der Waals surface area contributed by atoms with Crippen molar-refractivity contribution in [3.05, 3.63) is 23.8 Å². The number of methoxy groups -OCH3 is 1. The number of hydrogen-bond donors (Lipinski definition) is 2. The second kappa shape index (κ2) is 6.67. The Morgan fingerprint density at radius 2 is 2.29 bits per heavy atom. The van der Waals surface area contributed by atoms with Crippen LogP contribution in [0.15, 0.2) is 23.1 Å². The number of benzene rings is 1. The summed E-state index contributed by atoms with van der Waals surface area (Å²) in [6.45, 7) is 0.388. The van der Waals surface area contributed by atoms with Gasteiger partial charge in [-0.1, -0.05) is 0 Å². The zero-order valence-electron chi connectivity index (χ0n) is 11.5. The number of sulfonamides is 1. The molecule has 2 N–H and O–H groups in total. The second-order valence-corrected chi connectivity index (χ2v) is 7.64. The minimum absolute atomic E-state index is 0.0157. The van der Waals surface area contributed by atoms with Gasteiger partial charge in [-0.3, -0.25) is 0 Å². The van der Waals surface area contributed by atoms with Gasteiger partial charge in [-0.2, -0.15) is 11.8 Å². The lowest BCUT2D eigenvalue weighted by molar-refractivity contribution is 0.0696. The third kappa shape index (κ3) is 3.90. The summed E-state index contributed by atoms with van der Waals surface area (Å²) in [6.07, 6.45) is 1.00. The summed E-state index contributed by atoms with van der Waals surface area (Å²) in [6, 6.07) is 3.72. The van der Waals surface area contributed by atoms with E-state index < -0.39 is 16.0 Å². The van der Waals surface area contributed by atoms with E-state index in [1.54, 1.807) is 0 Å². The first kappa shape index (κ1) is 16.1. The maximum atomic E-state index is 12.3. The van der Waals surface area contributed by atoms with Crippen LogP contribution in [0, 0.1) is 5.92 Å². The molecule has 1 aromatic carbocycles. The molecule has 0 aromatic heterocycles. The first-order chi connectivity index (χ1) is 9.94. The van der Waals surface area contributed by atoms with Crippen molar-refractivity contribution < 1.29 is 23.1 Å². The summed E-state index contributed by atoms with van der Waals surface area (Å²) < 4.78 is 32.2. The van der Waals surface area contributed by atoms with E-state index >= 15 is 0 Å². The Kier molecular flexibility index (Phi) is 5.13. The van der Waals surface area contributed by atoms with Crippen molar-refractivity contribution in [3.8, 4) is 5.75 Å².